The molecule has 0 spiro atoms. The number of rotatable bonds is 3. The average Bonchev–Trinajstić information content (AvgIpc) is 3.25. The van der Waals surface area contributed by atoms with Gasteiger partial charge in [-0.2, -0.15) is 4.39 Å². The second-order valence-corrected chi connectivity index (χ2v) is 6.36. The normalized spacial score (nSPS) is 24.2. The highest BCUT2D eigenvalue weighted by Gasteiger charge is 2.32. The van der Waals surface area contributed by atoms with Gasteiger partial charge in [-0.05, 0) is 12.8 Å². The lowest BCUT2D eigenvalue weighted by Gasteiger charge is -2.42. The van der Waals surface area contributed by atoms with Crippen molar-refractivity contribution in [3.63, 3.8) is 0 Å². The summed E-state index contributed by atoms with van der Waals surface area (Å²) in [4.78, 5) is 12.9. The van der Waals surface area contributed by atoms with Crippen molar-refractivity contribution >= 4 is 17.4 Å². The van der Waals surface area contributed by atoms with Crippen LogP contribution in [0.25, 0.3) is 0 Å². The number of hydrogen-bond donors (Lipinski definition) is 0. The molecule has 3 heterocycles. The van der Waals surface area contributed by atoms with E-state index in [1.807, 2.05) is 4.90 Å². The van der Waals surface area contributed by atoms with Crippen LogP contribution in [0.15, 0.2) is 0 Å². The molecule has 0 unspecified atom stereocenters. The molecule has 0 bridgehead atoms. The van der Waals surface area contributed by atoms with Crippen molar-refractivity contribution in [2.24, 2.45) is 0 Å². The second-order valence-electron chi connectivity index (χ2n) is 6.00. The first-order chi connectivity index (χ1) is 10.2. The van der Waals surface area contributed by atoms with Crippen LogP contribution in [0.5, 0.6) is 0 Å². The Morgan fingerprint density at radius 1 is 1.10 bits per heavy atom. The first-order valence-corrected chi connectivity index (χ1v) is 7.90. The van der Waals surface area contributed by atoms with Gasteiger partial charge in [0.2, 0.25) is 5.82 Å². The predicted molar refractivity (Wildman–Crippen MR) is 77.4 cm³/mol. The molecule has 1 aromatic rings. The summed E-state index contributed by atoms with van der Waals surface area (Å²) < 4.78 is 19.5. The van der Waals surface area contributed by atoms with Crippen LogP contribution < -0.4 is 4.90 Å². The maximum Gasteiger partial charge on any atom is 0.202 e. The van der Waals surface area contributed by atoms with Crippen molar-refractivity contribution in [1.29, 1.82) is 0 Å². The fraction of sp³-hybridized carbons (Fsp3) is 0.714. The van der Waals surface area contributed by atoms with Gasteiger partial charge in [0, 0.05) is 32.1 Å². The van der Waals surface area contributed by atoms with Crippen molar-refractivity contribution in [3.05, 3.63) is 16.8 Å². The Morgan fingerprint density at radius 3 is 2.38 bits per heavy atom. The van der Waals surface area contributed by atoms with E-state index in [1.165, 1.54) is 0 Å². The van der Waals surface area contributed by atoms with E-state index in [4.69, 9.17) is 16.3 Å². The monoisotopic (exact) mass is 312 g/mol. The average molecular weight is 313 g/mol. The van der Waals surface area contributed by atoms with E-state index in [0.29, 0.717) is 23.6 Å². The molecule has 1 aliphatic carbocycles. The maximum absolute atomic E-state index is 14.3. The van der Waals surface area contributed by atoms with Gasteiger partial charge in [-0.1, -0.05) is 11.6 Å². The molecule has 114 valence electrons. The summed E-state index contributed by atoms with van der Waals surface area (Å²) >= 11 is 5.94. The molecule has 4 rings (SSSR count). The van der Waals surface area contributed by atoms with Crippen LogP contribution in [0, 0.1) is 5.82 Å². The lowest BCUT2D eigenvalue weighted by molar-refractivity contribution is -0.0661. The number of anilines is 1. The van der Waals surface area contributed by atoms with Crippen molar-refractivity contribution in [3.8, 4) is 0 Å². The van der Waals surface area contributed by atoms with Gasteiger partial charge in [0.1, 0.15) is 5.82 Å². The van der Waals surface area contributed by atoms with Crippen LogP contribution >= 0.6 is 11.6 Å². The van der Waals surface area contributed by atoms with E-state index in [2.05, 4.69) is 14.9 Å². The molecule has 0 radical (unpaired) electrons. The van der Waals surface area contributed by atoms with Crippen molar-refractivity contribution in [2.75, 3.05) is 44.3 Å². The maximum atomic E-state index is 14.3. The summed E-state index contributed by atoms with van der Waals surface area (Å²) in [5, 5.41) is -0.0447. The summed E-state index contributed by atoms with van der Waals surface area (Å²) in [6.07, 6.45) is 2.16. The Kier molecular flexibility index (Phi) is 3.47. The van der Waals surface area contributed by atoms with E-state index in [-0.39, 0.29) is 5.15 Å². The molecule has 21 heavy (non-hydrogen) atoms. The van der Waals surface area contributed by atoms with Gasteiger partial charge in [-0.3, -0.25) is 4.90 Å². The summed E-state index contributed by atoms with van der Waals surface area (Å²) in [6.45, 7) is 5.00. The lowest BCUT2D eigenvalue weighted by Crippen LogP contribution is -2.56. The van der Waals surface area contributed by atoms with Crippen LogP contribution in [0.2, 0.25) is 5.15 Å². The van der Waals surface area contributed by atoms with Crippen molar-refractivity contribution in [1.82, 2.24) is 14.9 Å². The van der Waals surface area contributed by atoms with E-state index in [9.17, 15) is 4.39 Å². The van der Waals surface area contributed by atoms with Crippen LogP contribution in [0.4, 0.5) is 10.2 Å². The number of nitrogens with zero attached hydrogens (tertiary/aromatic N) is 4. The van der Waals surface area contributed by atoms with E-state index < -0.39 is 5.82 Å². The molecule has 1 aromatic heterocycles. The highest BCUT2D eigenvalue weighted by Crippen LogP contribution is 2.39. The summed E-state index contributed by atoms with van der Waals surface area (Å²) in [5.41, 5.74) is 0. The Balaban J connectivity index is 1.50. The molecule has 3 fully saturated rings. The minimum Gasteiger partial charge on any atom is -0.378 e. The number of piperazine rings is 1. The molecule has 0 atom stereocenters. The topological polar surface area (TPSA) is 41.5 Å². The third-order valence-corrected chi connectivity index (χ3v) is 4.75. The Labute approximate surface area is 128 Å². The minimum atomic E-state index is -0.485. The quantitative estimate of drug-likeness (QED) is 0.794. The van der Waals surface area contributed by atoms with Crippen LogP contribution in [0.1, 0.15) is 24.6 Å². The zero-order valence-corrected chi connectivity index (χ0v) is 12.5. The Bertz CT molecular complexity index is 542. The van der Waals surface area contributed by atoms with Crippen LogP contribution in [0.3, 0.4) is 0 Å². The molecule has 2 aliphatic heterocycles. The fourth-order valence-electron chi connectivity index (χ4n) is 2.89. The fourth-order valence-corrected chi connectivity index (χ4v) is 3.06. The third-order valence-electron chi connectivity index (χ3n) is 4.50. The summed E-state index contributed by atoms with van der Waals surface area (Å²) in [7, 11) is 0. The molecule has 0 amide bonds. The lowest BCUT2D eigenvalue weighted by atomic mass is 10.2. The van der Waals surface area contributed by atoms with Gasteiger partial charge >= 0.3 is 0 Å². The molecule has 3 aliphatic rings. The van der Waals surface area contributed by atoms with Crippen molar-refractivity contribution < 1.29 is 9.13 Å². The number of hydrogen-bond acceptors (Lipinski definition) is 5. The van der Waals surface area contributed by atoms with E-state index in [0.717, 1.165) is 52.2 Å². The molecule has 7 heteroatoms. The number of aromatic nitrogens is 2. The second kappa shape index (κ2) is 5.34. The van der Waals surface area contributed by atoms with Crippen LogP contribution in [-0.4, -0.2) is 60.3 Å². The molecule has 0 aromatic carbocycles. The molecule has 1 saturated carbocycles. The highest BCUT2D eigenvalue weighted by molar-refractivity contribution is 6.29. The van der Waals surface area contributed by atoms with Gasteiger partial charge in [-0.15, -0.1) is 0 Å². The molecular weight excluding hydrogens is 295 g/mol. The Hall–Kier alpha value is -0.980. The standard InChI is InChI=1S/C14H18ClFN4O/c15-12-11(16)14(18-13(17-12)9-1-2-9)20-5-3-19(4-6-20)10-7-21-8-10/h9-10H,1-8H2. The zero-order chi connectivity index (χ0) is 14.4. The highest BCUT2D eigenvalue weighted by atomic mass is 35.5. The largest absolute Gasteiger partial charge is 0.378 e. The van der Waals surface area contributed by atoms with Gasteiger partial charge < -0.3 is 9.64 Å². The van der Waals surface area contributed by atoms with Crippen LogP contribution in [-0.2, 0) is 4.74 Å². The molecule has 0 N–H and O–H groups in total. The molecular formula is C14H18ClFN4O. The number of ether oxygens (including phenoxy) is 1. The zero-order valence-electron chi connectivity index (χ0n) is 11.8. The third kappa shape index (κ3) is 2.60. The minimum absolute atomic E-state index is 0.0447. The number of halogens is 2. The molecule has 5 nitrogen and oxygen atoms in total. The summed E-state index contributed by atoms with van der Waals surface area (Å²) in [6, 6.07) is 0.535. The van der Waals surface area contributed by atoms with E-state index >= 15 is 0 Å². The van der Waals surface area contributed by atoms with Gasteiger partial charge in [0.05, 0.1) is 19.3 Å². The SMILES string of the molecule is Fc1c(Cl)nc(C2CC2)nc1N1CCN(C2COC2)CC1. The van der Waals surface area contributed by atoms with E-state index in [1.54, 1.807) is 0 Å². The smallest absolute Gasteiger partial charge is 0.202 e. The van der Waals surface area contributed by atoms with Gasteiger partial charge in [-0.25, -0.2) is 9.97 Å². The Morgan fingerprint density at radius 2 is 1.81 bits per heavy atom. The predicted octanol–water partition coefficient (Wildman–Crippen LogP) is 1.67. The molecule has 2 saturated heterocycles. The summed E-state index contributed by atoms with van der Waals surface area (Å²) in [5.74, 6) is 0.962. The van der Waals surface area contributed by atoms with Gasteiger partial charge in [0.25, 0.3) is 0 Å². The van der Waals surface area contributed by atoms with Gasteiger partial charge in [0.15, 0.2) is 11.0 Å². The first-order valence-electron chi connectivity index (χ1n) is 7.52. The van der Waals surface area contributed by atoms with Crippen molar-refractivity contribution in [2.45, 2.75) is 24.8 Å². The first kappa shape index (κ1) is 13.7.